The van der Waals surface area contributed by atoms with E-state index in [1.165, 1.54) is 0 Å². The Bertz CT molecular complexity index is 500. The first-order chi connectivity index (χ1) is 7.61. The van der Waals surface area contributed by atoms with Crippen molar-refractivity contribution >= 4 is 11.6 Å². The zero-order valence-electron chi connectivity index (χ0n) is 9.49. The van der Waals surface area contributed by atoms with Gasteiger partial charge in [0.15, 0.2) is 0 Å². The van der Waals surface area contributed by atoms with Gasteiger partial charge in [0, 0.05) is 18.7 Å². The Morgan fingerprint density at radius 3 is 2.62 bits per heavy atom. The van der Waals surface area contributed by atoms with Crippen LogP contribution in [0.25, 0.3) is 11.3 Å². The molecule has 0 N–H and O–H groups in total. The maximum atomic E-state index is 5.97. The van der Waals surface area contributed by atoms with Crippen molar-refractivity contribution in [2.75, 3.05) is 7.11 Å². The summed E-state index contributed by atoms with van der Waals surface area (Å²) in [6, 6.07) is 7.83. The molecule has 84 valence electrons. The van der Waals surface area contributed by atoms with Crippen molar-refractivity contribution in [3.8, 4) is 17.0 Å². The lowest BCUT2D eigenvalue weighted by Gasteiger charge is -2.06. The van der Waals surface area contributed by atoms with E-state index in [0.29, 0.717) is 5.15 Å². The van der Waals surface area contributed by atoms with Crippen LogP contribution in [0, 0.1) is 6.92 Å². The Hall–Kier alpha value is -1.48. The van der Waals surface area contributed by atoms with E-state index in [0.717, 1.165) is 22.6 Å². The lowest BCUT2D eigenvalue weighted by molar-refractivity contribution is 0.416. The van der Waals surface area contributed by atoms with Gasteiger partial charge in [-0.1, -0.05) is 17.7 Å². The molecular formula is C12H13ClN2O. The fourth-order valence-corrected chi connectivity index (χ4v) is 1.73. The van der Waals surface area contributed by atoms with E-state index >= 15 is 0 Å². The minimum Gasteiger partial charge on any atom is -0.496 e. The van der Waals surface area contributed by atoms with Crippen molar-refractivity contribution in [2.24, 2.45) is 7.05 Å². The summed E-state index contributed by atoms with van der Waals surface area (Å²) in [5, 5.41) is 4.93. The summed E-state index contributed by atoms with van der Waals surface area (Å²) in [4.78, 5) is 0. The molecule has 1 heterocycles. The van der Waals surface area contributed by atoms with Crippen molar-refractivity contribution in [1.29, 1.82) is 0 Å². The highest BCUT2D eigenvalue weighted by molar-refractivity contribution is 6.29. The molecule has 2 aromatic rings. The predicted molar refractivity (Wildman–Crippen MR) is 64.9 cm³/mol. The highest BCUT2D eigenvalue weighted by Gasteiger charge is 2.10. The van der Waals surface area contributed by atoms with Crippen molar-refractivity contribution in [1.82, 2.24) is 9.78 Å². The van der Waals surface area contributed by atoms with Crippen LogP contribution in [-0.2, 0) is 7.05 Å². The standard InChI is InChI=1S/C12H13ClN2O/c1-8-4-5-9(11(6-8)16-3)10-7-12(13)15(2)14-10/h4-7H,1-3H3. The third-order valence-electron chi connectivity index (χ3n) is 2.46. The van der Waals surface area contributed by atoms with E-state index in [2.05, 4.69) is 5.10 Å². The van der Waals surface area contributed by atoms with Gasteiger partial charge in [0.25, 0.3) is 0 Å². The third-order valence-corrected chi connectivity index (χ3v) is 2.81. The molecule has 0 fully saturated rings. The molecule has 0 saturated heterocycles. The van der Waals surface area contributed by atoms with Gasteiger partial charge in [-0.05, 0) is 24.6 Å². The van der Waals surface area contributed by atoms with E-state index < -0.39 is 0 Å². The average Bonchev–Trinajstić information content (AvgIpc) is 2.59. The number of hydrogen-bond donors (Lipinski definition) is 0. The van der Waals surface area contributed by atoms with Gasteiger partial charge in [-0.25, -0.2) is 0 Å². The second-order valence-corrected chi connectivity index (χ2v) is 4.07. The molecule has 0 aliphatic heterocycles. The van der Waals surface area contributed by atoms with Crippen LogP contribution in [0.3, 0.4) is 0 Å². The van der Waals surface area contributed by atoms with Gasteiger partial charge >= 0.3 is 0 Å². The van der Waals surface area contributed by atoms with Gasteiger partial charge in [-0.2, -0.15) is 5.10 Å². The second-order valence-electron chi connectivity index (χ2n) is 3.68. The maximum absolute atomic E-state index is 5.97. The summed E-state index contributed by atoms with van der Waals surface area (Å²) >= 11 is 5.97. The molecule has 0 aliphatic rings. The van der Waals surface area contributed by atoms with Crippen LogP contribution in [0.5, 0.6) is 5.75 Å². The molecule has 1 aromatic carbocycles. The zero-order chi connectivity index (χ0) is 11.7. The Balaban J connectivity index is 2.55. The monoisotopic (exact) mass is 236 g/mol. The molecule has 0 radical (unpaired) electrons. The second kappa shape index (κ2) is 4.18. The molecule has 0 saturated carbocycles. The average molecular weight is 237 g/mol. The van der Waals surface area contributed by atoms with Crippen LogP contribution in [-0.4, -0.2) is 16.9 Å². The third kappa shape index (κ3) is 1.91. The van der Waals surface area contributed by atoms with Crippen LogP contribution in [0.2, 0.25) is 5.15 Å². The van der Waals surface area contributed by atoms with Crippen LogP contribution < -0.4 is 4.74 Å². The number of rotatable bonds is 2. The van der Waals surface area contributed by atoms with Crippen molar-refractivity contribution in [2.45, 2.75) is 6.92 Å². The number of aryl methyl sites for hydroxylation is 2. The van der Waals surface area contributed by atoms with Crippen LogP contribution >= 0.6 is 11.6 Å². The quantitative estimate of drug-likeness (QED) is 0.801. The summed E-state index contributed by atoms with van der Waals surface area (Å²) in [6.07, 6.45) is 0. The number of methoxy groups -OCH3 is 1. The fraction of sp³-hybridized carbons (Fsp3) is 0.250. The highest BCUT2D eigenvalue weighted by atomic mass is 35.5. The molecule has 0 amide bonds. The molecule has 0 unspecified atom stereocenters. The molecule has 0 spiro atoms. The SMILES string of the molecule is COc1cc(C)ccc1-c1cc(Cl)n(C)n1. The van der Waals surface area contributed by atoms with E-state index in [9.17, 15) is 0 Å². The van der Waals surface area contributed by atoms with E-state index in [1.807, 2.05) is 38.2 Å². The number of ether oxygens (including phenoxy) is 1. The number of halogens is 1. The van der Waals surface area contributed by atoms with Crippen molar-refractivity contribution < 1.29 is 4.74 Å². The van der Waals surface area contributed by atoms with Gasteiger partial charge in [0.1, 0.15) is 10.9 Å². The molecule has 0 atom stereocenters. The first-order valence-corrected chi connectivity index (χ1v) is 5.34. The molecule has 1 aromatic heterocycles. The number of benzene rings is 1. The van der Waals surface area contributed by atoms with Gasteiger partial charge in [0.2, 0.25) is 0 Å². The number of aromatic nitrogens is 2. The lowest BCUT2D eigenvalue weighted by atomic mass is 10.1. The largest absolute Gasteiger partial charge is 0.496 e. The van der Waals surface area contributed by atoms with Crippen molar-refractivity contribution in [3.63, 3.8) is 0 Å². The predicted octanol–water partition coefficient (Wildman–Crippen LogP) is 3.06. The zero-order valence-corrected chi connectivity index (χ0v) is 10.2. The minimum atomic E-state index is 0.609. The van der Waals surface area contributed by atoms with Gasteiger partial charge in [-0.15, -0.1) is 0 Å². The van der Waals surface area contributed by atoms with E-state index in [1.54, 1.807) is 11.8 Å². The summed E-state index contributed by atoms with van der Waals surface area (Å²) in [7, 11) is 3.47. The molecule has 0 aliphatic carbocycles. The minimum absolute atomic E-state index is 0.609. The molecular weight excluding hydrogens is 224 g/mol. The Morgan fingerprint density at radius 2 is 2.06 bits per heavy atom. The number of hydrogen-bond acceptors (Lipinski definition) is 2. The van der Waals surface area contributed by atoms with Gasteiger partial charge in [0.05, 0.1) is 12.8 Å². The van der Waals surface area contributed by atoms with Crippen molar-refractivity contribution in [3.05, 3.63) is 35.0 Å². The van der Waals surface area contributed by atoms with E-state index in [4.69, 9.17) is 16.3 Å². The maximum Gasteiger partial charge on any atom is 0.128 e. The van der Waals surface area contributed by atoms with Crippen LogP contribution in [0.4, 0.5) is 0 Å². The Morgan fingerprint density at radius 1 is 1.31 bits per heavy atom. The first kappa shape index (κ1) is 11.0. The summed E-state index contributed by atoms with van der Waals surface area (Å²) < 4.78 is 6.97. The number of nitrogens with zero attached hydrogens (tertiary/aromatic N) is 2. The molecule has 2 rings (SSSR count). The Labute approximate surface area is 99.6 Å². The summed E-state index contributed by atoms with van der Waals surface area (Å²) in [6.45, 7) is 2.03. The molecule has 0 bridgehead atoms. The first-order valence-electron chi connectivity index (χ1n) is 4.96. The normalized spacial score (nSPS) is 10.5. The highest BCUT2D eigenvalue weighted by Crippen LogP contribution is 2.30. The van der Waals surface area contributed by atoms with Gasteiger partial charge < -0.3 is 4.74 Å². The molecule has 16 heavy (non-hydrogen) atoms. The topological polar surface area (TPSA) is 27.1 Å². The van der Waals surface area contributed by atoms with Gasteiger partial charge in [-0.3, -0.25) is 4.68 Å². The summed E-state index contributed by atoms with van der Waals surface area (Å²) in [5.74, 6) is 0.815. The fourth-order valence-electron chi connectivity index (χ4n) is 1.59. The Kier molecular flexibility index (Phi) is 2.88. The molecule has 4 heteroatoms. The summed E-state index contributed by atoms with van der Waals surface area (Å²) in [5.41, 5.74) is 2.93. The van der Waals surface area contributed by atoms with Crippen LogP contribution in [0.1, 0.15) is 5.56 Å². The van der Waals surface area contributed by atoms with Crippen LogP contribution in [0.15, 0.2) is 24.3 Å². The smallest absolute Gasteiger partial charge is 0.128 e. The van der Waals surface area contributed by atoms with E-state index in [-0.39, 0.29) is 0 Å². The lowest BCUT2D eigenvalue weighted by Crippen LogP contribution is -1.92. The molecule has 3 nitrogen and oxygen atoms in total.